The lowest BCUT2D eigenvalue weighted by Crippen LogP contribution is -2.32. The Morgan fingerprint density at radius 1 is 1.00 bits per heavy atom. The molecule has 0 aliphatic rings. The van der Waals surface area contributed by atoms with E-state index in [4.69, 9.17) is 16.3 Å². The number of anilines is 1. The van der Waals surface area contributed by atoms with E-state index in [0.717, 1.165) is 32.6 Å². The first-order valence-electron chi connectivity index (χ1n) is 7.96. The second-order valence-corrected chi connectivity index (χ2v) is 6.23. The second-order valence-electron chi connectivity index (χ2n) is 5.85. The fraction of sp³-hybridized carbons (Fsp3) is 0.150. The Bertz CT molecular complexity index is 901. The van der Waals surface area contributed by atoms with Crippen LogP contribution in [0.5, 0.6) is 5.75 Å². The van der Waals surface area contributed by atoms with Gasteiger partial charge in [0.15, 0.2) is 6.73 Å². The van der Waals surface area contributed by atoms with E-state index in [0.29, 0.717) is 5.75 Å². The van der Waals surface area contributed by atoms with Crippen molar-refractivity contribution in [2.24, 2.45) is 0 Å². The molecule has 0 aromatic heterocycles. The van der Waals surface area contributed by atoms with Gasteiger partial charge in [-0.3, -0.25) is 0 Å². The number of fused-ring (bicyclic) bond motifs is 1. The van der Waals surface area contributed by atoms with Crippen LogP contribution < -0.4 is 15.4 Å². The average Bonchev–Trinajstić information content (AvgIpc) is 2.59. The van der Waals surface area contributed by atoms with Crippen LogP contribution in [0.2, 0.25) is 5.02 Å². The minimum Gasteiger partial charge on any atom is -0.473 e. The molecule has 0 aliphatic heterocycles. The van der Waals surface area contributed by atoms with Crippen molar-refractivity contribution in [1.29, 1.82) is 0 Å². The van der Waals surface area contributed by atoms with E-state index < -0.39 is 0 Å². The molecule has 3 aromatic carbocycles. The van der Waals surface area contributed by atoms with E-state index in [1.165, 1.54) is 0 Å². The van der Waals surface area contributed by atoms with Crippen molar-refractivity contribution in [2.75, 3.05) is 12.0 Å². The van der Waals surface area contributed by atoms with E-state index in [9.17, 15) is 4.79 Å². The number of urea groups is 1. The van der Waals surface area contributed by atoms with E-state index in [1.54, 1.807) is 0 Å². The molecule has 3 aromatic rings. The van der Waals surface area contributed by atoms with Gasteiger partial charge < -0.3 is 15.4 Å². The van der Waals surface area contributed by atoms with E-state index >= 15 is 0 Å². The van der Waals surface area contributed by atoms with Crippen molar-refractivity contribution in [1.82, 2.24) is 5.32 Å². The molecule has 4 nitrogen and oxygen atoms in total. The highest BCUT2D eigenvalue weighted by Gasteiger charge is 2.05. The van der Waals surface area contributed by atoms with Gasteiger partial charge in [-0.2, -0.15) is 0 Å². The maximum Gasteiger partial charge on any atom is 0.321 e. The summed E-state index contributed by atoms with van der Waals surface area (Å²) in [6.45, 7) is 3.91. The lowest BCUT2D eigenvalue weighted by molar-refractivity contribution is 0.234. The quantitative estimate of drug-likeness (QED) is 0.627. The zero-order valence-electron chi connectivity index (χ0n) is 14.1. The number of nitrogens with one attached hydrogen (secondary N) is 2. The molecule has 0 saturated heterocycles. The van der Waals surface area contributed by atoms with Crippen LogP contribution in [0.15, 0.2) is 54.6 Å². The van der Waals surface area contributed by atoms with Gasteiger partial charge in [-0.25, -0.2) is 4.79 Å². The van der Waals surface area contributed by atoms with Crippen LogP contribution in [-0.2, 0) is 0 Å². The van der Waals surface area contributed by atoms with Gasteiger partial charge in [-0.15, -0.1) is 0 Å². The van der Waals surface area contributed by atoms with Gasteiger partial charge in [-0.1, -0.05) is 41.9 Å². The number of carbonyl (C=O) groups excluding carboxylic acids is 1. The molecular formula is C20H19ClN2O2. The number of ether oxygens (including phenoxy) is 1. The van der Waals surface area contributed by atoms with Gasteiger partial charge in [-0.05, 0) is 60.0 Å². The van der Waals surface area contributed by atoms with Crippen molar-refractivity contribution >= 4 is 34.1 Å². The minimum atomic E-state index is -0.322. The molecule has 0 heterocycles. The number of hydrogen-bond acceptors (Lipinski definition) is 2. The average molecular weight is 355 g/mol. The van der Waals surface area contributed by atoms with Gasteiger partial charge in [0.2, 0.25) is 0 Å². The maximum absolute atomic E-state index is 12.0. The molecule has 5 heteroatoms. The number of hydrogen-bond donors (Lipinski definition) is 2. The smallest absolute Gasteiger partial charge is 0.321 e. The summed E-state index contributed by atoms with van der Waals surface area (Å²) in [6.07, 6.45) is 0. The van der Waals surface area contributed by atoms with E-state index in [1.807, 2.05) is 68.4 Å². The van der Waals surface area contributed by atoms with Crippen molar-refractivity contribution in [3.63, 3.8) is 0 Å². The predicted octanol–water partition coefficient (Wildman–Crippen LogP) is 5.27. The monoisotopic (exact) mass is 354 g/mol. The van der Waals surface area contributed by atoms with Crippen LogP contribution in [0, 0.1) is 13.8 Å². The van der Waals surface area contributed by atoms with Crippen molar-refractivity contribution < 1.29 is 9.53 Å². The van der Waals surface area contributed by atoms with E-state index in [2.05, 4.69) is 10.6 Å². The lowest BCUT2D eigenvalue weighted by Gasteiger charge is -2.12. The Morgan fingerprint density at radius 2 is 1.68 bits per heavy atom. The first kappa shape index (κ1) is 17.1. The summed E-state index contributed by atoms with van der Waals surface area (Å²) >= 11 is 6.13. The molecule has 25 heavy (non-hydrogen) atoms. The molecule has 2 N–H and O–H groups in total. The summed E-state index contributed by atoms with van der Waals surface area (Å²) in [7, 11) is 0. The summed E-state index contributed by atoms with van der Waals surface area (Å²) in [5, 5.41) is 8.41. The van der Waals surface area contributed by atoms with Crippen LogP contribution in [0.1, 0.15) is 11.1 Å². The Balaban J connectivity index is 1.55. The molecule has 128 valence electrons. The fourth-order valence-corrected chi connectivity index (χ4v) is 2.73. The molecule has 0 fully saturated rings. The molecule has 0 saturated carbocycles. The first-order chi connectivity index (χ1) is 12.0. The molecule has 0 aliphatic carbocycles. The number of rotatable bonds is 4. The number of benzene rings is 3. The highest BCUT2D eigenvalue weighted by molar-refractivity contribution is 6.32. The van der Waals surface area contributed by atoms with Gasteiger partial charge in [0.05, 0.1) is 0 Å². The maximum atomic E-state index is 12.0. The molecule has 0 unspecified atom stereocenters. The third-order valence-corrected chi connectivity index (χ3v) is 4.49. The van der Waals surface area contributed by atoms with Crippen molar-refractivity contribution in [3.05, 3.63) is 70.7 Å². The first-order valence-corrected chi connectivity index (χ1v) is 8.34. The molecular weight excluding hydrogens is 336 g/mol. The van der Waals surface area contributed by atoms with Crippen LogP contribution in [0.3, 0.4) is 0 Å². The largest absolute Gasteiger partial charge is 0.473 e. The molecule has 3 rings (SSSR count). The van der Waals surface area contributed by atoms with Crippen LogP contribution in [0.25, 0.3) is 10.8 Å². The third kappa shape index (κ3) is 4.22. The highest BCUT2D eigenvalue weighted by atomic mass is 35.5. The zero-order chi connectivity index (χ0) is 17.8. The lowest BCUT2D eigenvalue weighted by atomic mass is 10.1. The van der Waals surface area contributed by atoms with E-state index in [-0.39, 0.29) is 12.8 Å². The fourth-order valence-electron chi connectivity index (χ4n) is 2.62. The molecule has 2 amide bonds. The summed E-state index contributed by atoms with van der Waals surface area (Å²) in [4.78, 5) is 12.0. The zero-order valence-corrected chi connectivity index (χ0v) is 14.9. The molecule has 0 spiro atoms. The minimum absolute atomic E-state index is 0.0694. The summed E-state index contributed by atoms with van der Waals surface area (Å²) in [5.41, 5.74) is 2.61. The van der Waals surface area contributed by atoms with Gasteiger partial charge in [0.1, 0.15) is 5.75 Å². The normalized spacial score (nSPS) is 10.5. The summed E-state index contributed by atoms with van der Waals surface area (Å²) in [5.74, 6) is 0.672. The number of aryl methyl sites for hydroxylation is 2. The Kier molecular flexibility index (Phi) is 5.10. The third-order valence-electron chi connectivity index (χ3n) is 3.89. The summed E-state index contributed by atoms with van der Waals surface area (Å²) < 4.78 is 5.57. The molecule has 0 bridgehead atoms. The predicted molar refractivity (Wildman–Crippen MR) is 103 cm³/mol. The van der Waals surface area contributed by atoms with Crippen LogP contribution in [-0.4, -0.2) is 12.8 Å². The number of carbonyl (C=O) groups is 1. The number of amides is 2. The van der Waals surface area contributed by atoms with Gasteiger partial charge in [0, 0.05) is 10.7 Å². The van der Waals surface area contributed by atoms with Crippen LogP contribution in [0.4, 0.5) is 10.5 Å². The van der Waals surface area contributed by atoms with Gasteiger partial charge >= 0.3 is 6.03 Å². The van der Waals surface area contributed by atoms with Gasteiger partial charge in [0.25, 0.3) is 0 Å². The Labute approximate surface area is 151 Å². The van der Waals surface area contributed by atoms with Crippen molar-refractivity contribution in [2.45, 2.75) is 13.8 Å². The summed E-state index contributed by atoms with van der Waals surface area (Å²) in [6, 6.07) is 17.1. The second kappa shape index (κ2) is 7.45. The highest BCUT2D eigenvalue weighted by Crippen LogP contribution is 2.25. The molecule has 0 radical (unpaired) electrons. The standard InChI is InChI=1S/C20H19ClN2O2/c1-13-9-18(10-14(2)19(13)21)25-12-22-20(24)23-17-8-7-15-5-3-4-6-16(15)11-17/h3-11H,12H2,1-2H3,(H2,22,23,24). The Morgan fingerprint density at radius 3 is 2.40 bits per heavy atom. The topological polar surface area (TPSA) is 50.4 Å². The van der Waals surface area contributed by atoms with Crippen molar-refractivity contribution in [3.8, 4) is 5.75 Å². The SMILES string of the molecule is Cc1cc(OCNC(=O)Nc2ccc3ccccc3c2)cc(C)c1Cl. The number of halogens is 1. The molecule has 0 atom stereocenters. The van der Waals surface area contributed by atoms with Crippen LogP contribution >= 0.6 is 11.6 Å². The Hall–Kier alpha value is -2.72.